The van der Waals surface area contributed by atoms with Crippen LogP contribution in [0.15, 0.2) is 35.0 Å². The van der Waals surface area contributed by atoms with E-state index >= 15 is 0 Å². The molecule has 0 saturated carbocycles. The lowest BCUT2D eigenvalue weighted by molar-refractivity contribution is 0.112. The van der Waals surface area contributed by atoms with Crippen molar-refractivity contribution in [3.8, 4) is 0 Å². The average Bonchev–Trinajstić information content (AvgIpc) is 3.07. The highest BCUT2D eigenvalue weighted by Gasteiger charge is 2.09. The summed E-state index contributed by atoms with van der Waals surface area (Å²) in [5.74, 6) is 1.33. The number of rotatable bonds is 5. The highest BCUT2D eigenvalue weighted by molar-refractivity contribution is 5.97. The van der Waals surface area contributed by atoms with E-state index < -0.39 is 0 Å². The molecule has 20 heavy (non-hydrogen) atoms. The molecular weight excluding hydrogens is 254 g/mol. The molecule has 0 fully saturated rings. The van der Waals surface area contributed by atoms with Crippen LogP contribution in [0, 0.1) is 0 Å². The first-order valence-corrected chi connectivity index (χ1v) is 6.66. The maximum atomic E-state index is 11.0. The Balaban J connectivity index is 1.92. The van der Waals surface area contributed by atoms with Crippen LogP contribution >= 0.6 is 0 Å². The number of carbonyl (C=O) groups is 1. The van der Waals surface area contributed by atoms with Crippen molar-refractivity contribution in [1.82, 2.24) is 14.7 Å². The van der Waals surface area contributed by atoms with Crippen molar-refractivity contribution in [2.24, 2.45) is 0 Å². The van der Waals surface area contributed by atoms with E-state index in [9.17, 15) is 4.79 Å². The van der Waals surface area contributed by atoms with E-state index in [-0.39, 0.29) is 0 Å². The lowest BCUT2D eigenvalue weighted by Gasteiger charge is -2.01. The van der Waals surface area contributed by atoms with Gasteiger partial charge < -0.3 is 9.09 Å². The fraction of sp³-hybridized carbons (Fsp3) is 0.267. The molecule has 0 aliphatic heterocycles. The second-order valence-corrected chi connectivity index (χ2v) is 4.70. The summed E-state index contributed by atoms with van der Waals surface area (Å²) in [7, 11) is 0. The van der Waals surface area contributed by atoms with Gasteiger partial charge in [0.15, 0.2) is 12.1 Å². The normalized spacial score (nSPS) is 11.1. The first kappa shape index (κ1) is 12.6. The smallest absolute Gasteiger partial charge is 0.246 e. The Morgan fingerprint density at radius 2 is 2.25 bits per heavy atom. The molecule has 0 aliphatic rings. The van der Waals surface area contributed by atoms with Gasteiger partial charge in [-0.3, -0.25) is 4.79 Å². The maximum Gasteiger partial charge on any atom is 0.246 e. The van der Waals surface area contributed by atoms with Crippen molar-refractivity contribution in [2.45, 2.75) is 26.3 Å². The Bertz CT molecular complexity index is 742. The van der Waals surface area contributed by atoms with Gasteiger partial charge in [-0.25, -0.2) is 0 Å². The molecule has 3 rings (SSSR count). The molecular formula is C15H15N3O2. The van der Waals surface area contributed by atoms with Crippen LogP contribution in [0.25, 0.3) is 10.9 Å². The zero-order valence-corrected chi connectivity index (χ0v) is 11.2. The van der Waals surface area contributed by atoms with E-state index in [0.717, 1.165) is 35.9 Å². The monoisotopic (exact) mass is 269 g/mol. The molecule has 0 radical (unpaired) electrons. The molecule has 2 aromatic heterocycles. The van der Waals surface area contributed by atoms with Crippen LogP contribution < -0.4 is 0 Å². The van der Waals surface area contributed by atoms with Crippen molar-refractivity contribution in [2.75, 3.05) is 0 Å². The predicted molar refractivity (Wildman–Crippen MR) is 74.7 cm³/mol. The van der Waals surface area contributed by atoms with Crippen LogP contribution in [-0.2, 0) is 13.0 Å². The standard InChI is InChI=1S/C15H15N3O2/c1-2-4-14-16-15(20-17-14)9-18-8-7-12-11(10-19)5-3-6-13(12)18/h3,5-8,10H,2,4,9H2,1H3. The van der Waals surface area contributed by atoms with E-state index in [1.165, 1.54) is 0 Å². The minimum absolute atomic E-state index is 0.516. The molecule has 0 amide bonds. The largest absolute Gasteiger partial charge is 0.338 e. The minimum Gasteiger partial charge on any atom is -0.338 e. The summed E-state index contributed by atoms with van der Waals surface area (Å²) in [6.07, 6.45) is 4.62. The van der Waals surface area contributed by atoms with E-state index in [1.807, 2.05) is 35.0 Å². The number of nitrogens with zero attached hydrogens (tertiary/aromatic N) is 3. The summed E-state index contributed by atoms with van der Waals surface area (Å²) in [5, 5.41) is 4.89. The van der Waals surface area contributed by atoms with Gasteiger partial charge in [-0.05, 0) is 18.6 Å². The van der Waals surface area contributed by atoms with Crippen molar-refractivity contribution in [3.05, 3.63) is 47.7 Å². The quantitative estimate of drug-likeness (QED) is 0.668. The Morgan fingerprint density at radius 3 is 3.05 bits per heavy atom. The SMILES string of the molecule is CCCc1noc(Cn2ccc3c(C=O)cccc32)n1. The van der Waals surface area contributed by atoms with Gasteiger partial charge in [0.25, 0.3) is 0 Å². The van der Waals surface area contributed by atoms with Crippen LogP contribution in [0.3, 0.4) is 0 Å². The molecule has 0 aliphatic carbocycles. The number of hydrogen-bond acceptors (Lipinski definition) is 4. The van der Waals surface area contributed by atoms with E-state index in [0.29, 0.717) is 18.0 Å². The van der Waals surface area contributed by atoms with Crippen molar-refractivity contribution in [3.63, 3.8) is 0 Å². The van der Waals surface area contributed by atoms with Gasteiger partial charge in [0.1, 0.15) is 6.54 Å². The van der Waals surface area contributed by atoms with Crippen molar-refractivity contribution < 1.29 is 9.32 Å². The number of aromatic nitrogens is 3. The third-order valence-corrected chi connectivity index (χ3v) is 3.26. The average molecular weight is 269 g/mol. The Kier molecular flexibility index (Phi) is 3.33. The lowest BCUT2D eigenvalue weighted by atomic mass is 10.1. The number of aldehydes is 1. The highest BCUT2D eigenvalue weighted by Crippen LogP contribution is 2.20. The first-order valence-electron chi connectivity index (χ1n) is 6.66. The molecule has 5 heteroatoms. The summed E-state index contributed by atoms with van der Waals surface area (Å²) in [6, 6.07) is 7.60. The van der Waals surface area contributed by atoms with Crippen LogP contribution in [0.4, 0.5) is 0 Å². The van der Waals surface area contributed by atoms with Gasteiger partial charge in [0.2, 0.25) is 5.89 Å². The summed E-state index contributed by atoms with van der Waals surface area (Å²) in [6.45, 7) is 2.60. The molecule has 0 spiro atoms. The summed E-state index contributed by atoms with van der Waals surface area (Å²) in [5.41, 5.74) is 1.68. The van der Waals surface area contributed by atoms with Gasteiger partial charge in [0, 0.05) is 29.1 Å². The number of hydrogen-bond donors (Lipinski definition) is 0. The van der Waals surface area contributed by atoms with Gasteiger partial charge in [0.05, 0.1) is 0 Å². The van der Waals surface area contributed by atoms with Crippen LogP contribution in [-0.4, -0.2) is 21.0 Å². The summed E-state index contributed by atoms with van der Waals surface area (Å²) < 4.78 is 7.25. The predicted octanol–water partition coefficient (Wildman–Crippen LogP) is 2.84. The Hall–Kier alpha value is -2.43. The van der Waals surface area contributed by atoms with Crippen molar-refractivity contribution >= 4 is 17.2 Å². The van der Waals surface area contributed by atoms with Crippen molar-refractivity contribution in [1.29, 1.82) is 0 Å². The van der Waals surface area contributed by atoms with Crippen LogP contribution in [0.1, 0.15) is 35.4 Å². The second kappa shape index (κ2) is 5.28. The van der Waals surface area contributed by atoms with Gasteiger partial charge >= 0.3 is 0 Å². The third-order valence-electron chi connectivity index (χ3n) is 3.26. The third kappa shape index (κ3) is 2.22. The highest BCUT2D eigenvalue weighted by atomic mass is 16.5. The Labute approximate surface area is 116 Å². The number of benzene rings is 1. The van der Waals surface area contributed by atoms with Gasteiger partial charge in [-0.1, -0.05) is 24.2 Å². The van der Waals surface area contributed by atoms with E-state index in [1.54, 1.807) is 0 Å². The second-order valence-electron chi connectivity index (χ2n) is 4.70. The summed E-state index contributed by atoms with van der Waals surface area (Å²) >= 11 is 0. The lowest BCUT2D eigenvalue weighted by Crippen LogP contribution is -1.98. The zero-order chi connectivity index (χ0) is 13.9. The van der Waals surface area contributed by atoms with Crippen LogP contribution in [0.2, 0.25) is 0 Å². The molecule has 0 unspecified atom stereocenters. The number of aryl methyl sites for hydroxylation is 1. The summed E-state index contributed by atoms with van der Waals surface area (Å²) in [4.78, 5) is 15.4. The van der Waals surface area contributed by atoms with Gasteiger partial charge in [-0.2, -0.15) is 4.98 Å². The van der Waals surface area contributed by atoms with E-state index in [2.05, 4.69) is 17.1 Å². The molecule has 0 saturated heterocycles. The first-order chi connectivity index (χ1) is 9.81. The molecule has 0 N–H and O–H groups in total. The molecule has 3 aromatic rings. The minimum atomic E-state index is 0.516. The number of carbonyl (C=O) groups excluding carboxylic acids is 1. The van der Waals surface area contributed by atoms with E-state index in [4.69, 9.17) is 4.52 Å². The molecule has 0 bridgehead atoms. The fourth-order valence-corrected chi connectivity index (χ4v) is 2.31. The van der Waals surface area contributed by atoms with Gasteiger partial charge in [-0.15, -0.1) is 0 Å². The molecule has 5 nitrogen and oxygen atoms in total. The molecule has 102 valence electrons. The molecule has 2 heterocycles. The topological polar surface area (TPSA) is 60.9 Å². The maximum absolute atomic E-state index is 11.0. The Morgan fingerprint density at radius 1 is 1.35 bits per heavy atom. The number of fused-ring (bicyclic) bond motifs is 1. The fourth-order valence-electron chi connectivity index (χ4n) is 2.31. The zero-order valence-electron chi connectivity index (χ0n) is 11.2. The molecule has 0 atom stereocenters. The van der Waals surface area contributed by atoms with Crippen LogP contribution in [0.5, 0.6) is 0 Å². The molecule has 1 aromatic carbocycles.